The Morgan fingerprint density at radius 3 is 2.96 bits per heavy atom. The average Bonchev–Trinajstić information content (AvgIpc) is 2.54. The topological polar surface area (TPSA) is 47.6 Å². The number of hydrogen-bond donors (Lipinski definition) is 1. The van der Waals surface area contributed by atoms with E-state index in [1.807, 2.05) is 31.2 Å². The minimum absolute atomic E-state index is 0.209. The Morgan fingerprint density at radius 1 is 1.30 bits per heavy atom. The fourth-order valence-electron chi connectivity index (χ4n) is 2.32. The van der Waals surface area contributed by atoms with Crippen LogP contribution in [0.3, 0.4) is 0 Å². The predicted molar refractivity (Wildman–Crippen MR) is 91.2 cm³/mol. The summed E-state index contributed by atoms with van der Waals surface area (Å²) in [5.41, 5.74) is 2.03. The van der Waals surface area contributed by atoms with E-state index in [2.05, 4.69) is 5.32 Å². The Bertz CT molecular complexity index is 771. The van der Waals surface area contributed by atoms with E-state index in [1.54, 1.807) is 24.3 Å². The second-order valence-corrected chi connectivity index (χ2v) is 5.49. The molecule has 0 atom stereocenters. The van der Waals surface area contributed by atoms with Gasteiger partial charge >= 0.3 is 0 Å². The van der Waals surface area contributed by atoms with Gasteiger partial charge in [0.15, 0.2) is 0 Å². The lowest BCUT2D eigenvalue weighted by Gasteiger charge is -2.18. The van der Waals surface area contributed by atoms with E-state index >= 15 is 0 Å². The van der Waals surface area contributed by atoms with Crippen molar-refractivity contribution >= 4 is 29.3 Å². The van der Waals surface area contributed by atoms with Gasteiger partial charge in [0, 0.05) is 16.3 Å². The number of carbonyl (C=O) groups is 1. The van der Waals surface area contributed by atoms with Crippen molar-refractivity contribution in [1.82, 2.24) is 0 Å². The van der Waals surface area contributed by atoms with Crippen molar-refractivity contribution in [3.8, 4) is 11.5 Å². The van der Waals surface area contributed by atoms with Gasteiger partial charge in [-0.3, -0.25) is 4.79 Å². The van der Waals surface area contributed by atoms with Crippen LogP contribution in [0.4, 0.5) is 5.69 Å². The van der Waals surface area contributed by atoms with Gasteiger partial charge in [-0.2, -0.15) is 0 Å². The second kappa shape index (κ2) is 6.75. The molecular weight excluding hydrogens is 314 g/mol. The molecular formula is C18H16ClNO3. The Hall–Kier alpha value is -2.46. The van der Waals surface area contributed by atoms with Crippen molar-refractivity contribution in [2.45, 2.75) is 6.92 Å². The molecule has 0 radical (unpaired) electrons. The van der Waals surface area contributed by atoms with Gasteiger partial charge in [0.25, 0.3) is 5.91 Å². The van der Waals surface area contributed by atoms with Crippen molar-refractivity contribution in [1.29, 1.82) is 0 Å². The van der Waals surface area contributed by atoms with Crippen molar-refractivity contribution < 1.29 is 14.3 Å². The number of amides is 1. The van der Waals surface area contributed by atoms with E-state index in [0.29, 0.717) is 22.9 Å². The molecule has 1 N–H and O–H groups in total. The summed E-state index contributed by atoms with van der Waals surface area (Å²) in [7, 11) is 0. The molecule has 0 aromatic heterocycles. The summed E-state index contributed by atoms with van der Waals surface area (Å²) >= 11 is 5.92. The van der Waals surface area contributed by atoms with Gasteiger partial charge in [-0.25, -0.2) is 0 Å². The summed E-state index contributed by atoms with van der Waals surface area (Å²) in [4.78, 5) is 12.4. The normalized spacial score (nSPS) is 12.7. The zero-order chi connectivity index (χ0) is 16.2. The van der Waals surface area contributed by atoms with Crippen LogP contribution < -0.4 is 14.8 Å². The summed E-state index contributed by atoms with van der Waals surface area (Å²) in [6.07, 6.45) is 1.82. The van der Waals surface area contributed by atoms with E-state index in [9.17, 15) is 4.79 Å². The molecule has 0 aliphatic carbocycles. The van der Waals surface area contributed by atoms with Crippen molar-refractivity contribution in [3.63, 3.8) is 0 Å². The van der Waals surface area contributed by atoms with Crippen LogP contribution in [0.1, 0.15) is 12.5 Å². The van der Waals surface area contributed by atoms with Gasteiger partial charge in [-0.15, -0.1) is 0 Å². The molecule has 0 unspecified atom stereocenters. The predicted octanol–water partition coefficient (Wildman–Crippen LogP) is 4.15. The summed E-state index contributed by atoms with van der Waals surface area (Å²) in [6, 6.07) is 12.6. The maximum Gasteiger partial charge on any atom is 0.255 e. The quantitative estimate of drug-likeness (QED) is 0.916. The molecule has 0 fully saturated rings. The smallest absolute Gasteiger partial charge is 0.255 e. The molecule has 1 heterocycles. The Kier molecular flexibility index (Phi) is 4.53. The first-order valence-corrected chi connectivity index (χ1v) is 7.70. The van der Waals surface area contributed by atoms with Crippen LogP contribution in [-0.2, 0) is 4.79 Å². The fraction of sp³-hybridized carbons (Fsp3) is 0.167. The zero-order valence-corrected chi connectivity index (χ0v) is 13.4. The summed E-state index contributed by atoms with van der Waals surface area (Å²) in [5, 5.41) is 3.39. The van der Waals surface area contributed by atoms with Crippen LogP contribution in [0, 0.1) is 0 Å². The molecule has 1 aliphatic heterocycles. The Balaban J connectivity index is 1.80. The number of benzene rings is 2. The highest BCUT2D eigenvalue weighted by atomic mass is 35.5. The minimum Gasteiger partial charge on any atom is -0.494 e. The number of carbonyl (C=O) groups excluding carboxylic acids is 1. The largest absolute Gasteiger partial charge is 0.494 e. The molecule has 5 heteroatoms. The number of halogens is 1. The molecule has 0 saturated carbocycles. The molecule has 2 aromatic carbocycles. The first-order chi connectivity index (χ1) is 11.2. The van der Waals surface area contributed by atoms with Gasteiger partial charge in [-0.05, 0) is 49.4 Å². The van der Waals surface area contributed by atoms with E-state index in [1.165, 1.54) is 0 Å². The number of anilines is 1. The lowest BCUT2D eigenvalue weighted by atomic mass is 10.1. The molecule has 23 heavy (non-hydrogen) atoms. The maximum atomic E-state index is 12.4. The lowest BCUT2D eigenvalue weighted by molar-refractivity contribution is -0.113. The third-order valence-electron chi connectivity index (χ3n) is 3.38. The van der Waals surface area contributed by atoms with E-state index in [-0.39, 0.29) is 12.5 Å². The van der Waals surface area contributed by atoms with Crippen LogP contribution >= 0.6 is 11.6 Å². The highest BCUT2D eigenvalue weighted by molar-refractivity contribution is 6.31. The van der Waals surface area contributed by atoms with Gasteiger partial charge in [-0.1, -0.05) is 17.7 Å². The van der Waals surface area contributed by atoms with E-state index in [0.717, 1.165) is 17.1 Å². The van der Waals surface area contributed by atoms with E-state index < -0.39 is 0 Å². The van der Waals surface area contributed by atoms with Gasteiger partial charge in [0.05, 0.1) is 12.2 Å². The molecule has 4 nitrogen and oxygen atoms in total. The van der Waals surface area contributed by atoms with Crippen LogP contribution in [0.15, 0.2) is 48.0 Å². The molecule has 0 saturated heterocycles. The first kappa shape index (κ1) is 15.4. The first-order valence-electron chi connectivity index (χ1n) is 7.33. The Labute approximate surface area is 139 Å². The number of ether oxygens (including phenoxy) is 2. The molecule has 3 rings (SSSR count). The molecule has 1 amide bonds. The number of nitrogens with one attached hydrogen (secondary N) is 1. The van der Waals surface area contributed by atoms with Crippen LogP contribution in [-0.4, -0.2) is 19.1 Å². The van der Waals surface area contributed by atoms with Gasteiger partial charge in [0.2, 0.25) is 0 Å². The molecule has 0 spiro atoms. The van der Waals surface area contributed by atoms with Crippen LogP contribution in [0.2, 0.25) is 5.02 Å². The van der Waals surface area contributed by atoms with Crippen LogP contribution in [0.5, 0.6) is 11.5 Å². The molecule has 1 aliphatic rings. The molecule has 0 bridgehead atoms. The van der Waals surface area contributed by atoms with Gasteiger partial charge in [0.1, 0.15) is 18.1 Å². The fourth-order valence-corrected chi connectivity index (χ4v) is 2.51. The zero-order valence-electron chi connectivity index (χ0n) is 12.6. The molecule has 118 valence electrons. The van der Waals surface area contributed by atoms with Crippen LogP contribution in [0.25, 0.3) is 6.08 Å². The average molecular weight is 330 g/mol. The number of hydrogen-bond acceptors (Lipinski definition) is 3. The summed E-state index contributed by atoms with van der Waals surface area (Å²) in [6.45, 7) is 2.74. The molecule has 2 aromatic rings. The highest BCUT2D eigenvalue weighted by Crippen LogP contribution is 2.30. The van der Waals surface area contributed by atoms with Gasteiger partial charge < -0.3 is 14.8 Å². The minimum atomic E-state index is -0.209. The van der Waals surface area contributed by atoms with Crippen molar-refractivity contribution in [2.75, 3.05) is 18.5 Å². The number of fused-ring (bicyclic) bond motifs is 1. The highest BCUT2D eigenvalue weighted by Gasteiger charge is 2.18. The lowest BCUT2D eigenvalue weighted by Crippen LogP contribution is -2.21. The van der Waals surface area contributed by atoms with Crippen molar-refractivity contribution in [2.24, 2.45) is 0 Å². The second-order valence-electron chi connectivity index (χ2n) is 5.06. The third kappa shape index (κ3) is 3.66. The Morgan fingerprint density at radius 2 is 2.17 bits per heavy atom. The SMILES string of the molecule is CCOc1ccc2c(c1)C=C(C(=O)Nc1cccc(Cl)c1)CO2. The number of rotatable bonds is 4. The summed E-state index contributed by atoms with van der Waals surface area (Å²) in [5.74, 6) is 1.29. The third-order valence-corrected chi connectivity index (χ3v) is 3.61. The summed E-state index contributed by atoms with van der Waals surface area (Å²) < 4.78 is 11.1. The van der Waals surface area contributed by atoms with Crippen molar-refractivity contribution in [3.05, 3.63) is 58.6 Å². The standard InChI is InChI=1S/C18H16ClNO3/c1-2-22-16-6-7-17-12(9-16)8-13(11-23-17)18(21)20-15-5-3-4-14(19)10-15/h3-10H,2,11H2,1H3,(H,20,21). The van der Waals surface area contributed by atoms with E-state index in [4.69, 9.17) is 21.1 Å². The monoisotopic (exact) mass is 329 g/mol. The maximum absolute atomic E-state index is 12.4.